The Hall–Kier alpha value is -2.49. The van der Waals surface area contributed by atoms with Gasteiger partial charge in [-0.3, -0.25) is 14.4 Å². The van der Waals surface area contributed by atoms with Crippen molar-refractivity contribution in [2.75, 3.05) is 0 Å². The molecule has 4 aliphatic rings. The SMILES string of the molecule is CC(C)C1=CC2=CCC3C(C)(C(=O)N4C(=O)c5ccccc5C4=O)CCCC3(C)C2CC1. The van der Waals surface area contributed by atoms with E-state index in [0.29, 0.717) is 23.0 Å². The molecule has 0 spiro atoms. The van der Waals surface area contributed by atoms with Crippen LogP contribution in [0.2, 0.25) is 0 Å². The van der Waals surface area contributed by atoms with E-state index < -0.39 is 17.2 Å². The first-order valence-corrected chi connectivity index (χ1v) is 12.1. The van der Waals surface area contributed by atoms with Gasteiger partial charge in [0.1, 0.15) is 0 Å². The van der Waals surface area contributed by atoms with E-state index in [9.17, 15) is 14.4 Å². The molecule has 0 bridgehead atoms. The van der Waals surface area contributed by atoms with Crippen molar-refractivity contribution in [3.8, 4) is 0 Å². The van der Waals surface area contributed by atoms with E-state index >= 15 is 0 Å². The Labute approximate surface area is 190 Å². The first kappa shape index (κ1) is 21.4. The summed E-state index contributed by atoms with van der Waals surface area (Å²) < 4.78 is 0. The van der Waals surface area contributed by atoms with Gasteiger partial charge in [0, 0.05) is 0 Å². The number of allylic oxidation sites excluding steroid dienone is 4. The van der Waals surface area contributed by atoms with Crippen LogP contribution >= 0.6 is 0 Å². The Kier molecular flexibility index (Phi) is 4.85. The van der Waals surface area contributed by atoms with Gasteiger partial charge in [-0.15, -0.1) is 0 Å². The van der Waals surface area contributed by atoms with E-state index in [2.05, 4.69) is 32.9 Å². The van der Waals surface area contributed by atoms with Crippen molar-refractivity contribution in [2.24, 2.45) is 28.6 Å². The minimum Gasteiger partial charge on any atom is -0.273 e. The average molecular weight is 432 g/mol. The zero-order chi connectivity index (χ0) is 22.8. The average Bonchev–Trinajstić information content (AvgIpc) is 3.03. The van der Waals surface area contributed by atoms with Crippen molar-refractivity contribution in [2.45, 2.75) is 66.2 Å². The molecule has 1 aliphatic heterocycles. The van der Waals surface area contributed by atoms with Crippen LogP contribution in [0, 0.1) is 28.6 Å². The number of rotatable bonds is 2. The quantitative estimate of drug-likeness (QED) is 0.544. The van der Waals surface area contributed by atoms with Crippen molar-refractivity contribution in [1.82, 2.24) is 4.90 Å². The number of nitrogens with zero attached hydrogens (tertiary/aromatic N) is 1. The number of amides is 3. The lowest BCUT2D eigenvalue weighted by atomic mass is 9.46. The fraction of sp³-hybridized carbons (Fsp3) is 0.536. The molecule has 4 atom stereocenters. The van der Waals surface area contributed by atoms with Crippen LogP contribution in [0.1, 0.15) is 86.9 Å². The third-order valence-electron chi connectivity index (χ3n) is 9.07. The Balaban J connectivity index is 1.51. The van der Waals surface area contributed by atoms with E-state index in [0.717, 1.165) is 43.4 Å². The minimum atomic E-state index is -0.718. The highest BCUT2D eigenvalue weighted by Crippen LogP contribution is 2.62. The van der Waals surface area contributed by atoms with Gasteiger partial charge in [0.25, 0.3) is 11.8 Å². The predicted molar refractivity (Wildman–Crippen MR) is 124 cm³/mol. The number of benzene rings is 1. The maximum atomic E-state index is 14.0. The van der Waals surface area contributed by atoms with Gasteiger partial charge in [0.15, 0.2) is 0 Å². The third-order valence-corrected chi connectivity index (χ3v) is 9.07. The molecule has 3 amide bonds. The highest BCUT2D eigenvalue weighted by molar-refractivity contribution is 6.29. The minimum absolute atomic E-state index is 0.00439. The molecule has 4 heteroatoms. The molecule has 4 unspecified atom stereocenters. The lowest BCUT2D eigenvalue weighted by Crippen LogP contribution is -2.57. The second-order valence-corrected chi connectivity index (χ2v) is 11.0. The monoisotopic (exact) mass is 431 g/mol. The Morgan fingerprint density at radius 3 is 2.34 bits per heavy atom. The van der Waals surface area contributed by atoms with Gasteiger partial charge < -0.3 is 0 Å². The molecule has 1 aromatic rings. The van der Waals surface area contributed by atoms with E-state index in [4.69, 9.17) is 0 Å². The third kappa shape index (κ3) is 2.84. The largest absolute Gasteiger partial charge is 0.273 e. The summed E-state index contributed by atoms with van der Waals surface area (Å²) in [6.07, 6.45) is 10.6. The topological polar surface area (TPSA) is 54.5 Å². The summed E-state index contributed by atoms with van der Waals surface area (Å²) in [6.45, 7) is 8.89. The molecular weight excluding hydrogens is 398 g/mol. The number of imide groups is 3. The lowest BCUT2D eigenvalue weighted by Gasteiger charge is -2.58. The van der Waals surface area contributed by atoms with Crippen molar-refractivity contribution < 1.29 is 14.4 Å². The number of hydrogen-bond acceptors (Lipinski definition) is 3. The number of carbonyl (C=O) groups excluding carboxylic acids is 3. The molecule has 32 heavy (non-hydrogen) atoms. The second kappa shape index (κ2) is 7.26. The summed E-state index contributed by atoms with van der Waals surface area (Å²) in [5.41, 5.74) is 2.94. The van der Waals surface area contributed by atoms with E-state index in [1.54, 1.807) is 24.3 Å². The molecule has 0 aromatic heterocycles. The van der Waals surface area contributed by atoms with Gasteiger partial charge in [-0.1, -0.05) is 64.0 Å². The fourth-order valence-electron chi connectivity index (χ4n) is 7.23. The smallest absolute Gasteiger partial charge is 0.268 e. The zero-order valence-corrected chi connectivity index (χ0v) is 19.6. The maximum absolute atomic E-state index is 14.0. The zero-order valence-electron chi connectivity index (χ0n) is 19.6. The van der Waals surface area contributed by atoms with Crippen LogP contribution in [0.3, 0.4) is 0 Å². The summed E-state index contributed by atoms with van der Waals surface area (Å²) in [4.78, 5) is 41.0. The molecule has 168 valence electrons. The molecular formula is C28H33NO3. The molecule has 3 aliphatic carbocycles. The van der Waals surface area contributed by atoms with Crippen molar-refractivity contribution in [3.63, 3.8) is 0 Å². The van der Waals surface area contributed by atoms with Gasteiger partial charge in [0.2, 0.25) is 5.91 Å². The van der Waals surface area contributed by atoms with E-state index in [1.807, 2.05) is 6.92 Å². The first-order valence-electron chi connectivity index (χ1n) is 12.1. The highest BCUT2D eigenvalue weighted by Gasteiger charge is 2.59. The summed E-state index contributed by atoms with van der Waals surface area (Å²) in [5.74, 6) is -0.0848. The van der Waals surface area contributed by atoms with Gasteiger partial charge in [-0.2, -0.15) is 0 Å². The molecule has 5 rings (SSSR count). The van der Waals surface area contributed by atoms with Gasteiger partial charge in [0.05, 0.1) is 16.5 Å². The summed E-state index contributed by atoms with van der Waals surface area (Å²) in [5, 5.41) is 0. The van der Waals surface area contributed by atoms with Crippen LogP contribution in [-0.4, -0.2) is 22.6 Å². The van der Waals surface area contributed by atoms with Crippen molar-refractivity contribution in [1.29, 1.82) is 0 Å². The van der Waals surface area contributed by atoms with Crippen LogP contribution in [0.15, 0.2) is 47.6 Å². The Morgan fingerprint density at radius 2 is 1.72 bits per heavy atom. The summed E-state index contributed by atoms with van der Waals surface area (Å²) in [7, 11) is 0. The molecule has 1 fully saturated rings. The van der Waals surface area contributed by atoms with E-state index in [-0.39, 0.29) is 17.2 Å². The number of hydrogen-bond donors (Lipinski definition) is 0. The van der Waals surface area contributed by atoms with Crippen molar-refractivity contribution >= 4 is 17.7 Å². The lowest BCUT2D eigenvalue weighted by molar-refractivity contribution is -0.150. The summed E-state index contributed by atoms with van der Waals surface area (Å²) >= 11 is 0. The Bertz CT molecular complexity index is 1040. The van der Waals surface area contributed by atoms with Gasteiger partial charge in [-0.25, -0.2) is 4.90 Å². The van der Waals surface area contributed by atoms with Crippen LogP contribution in [0.4, 0.5) is 0 Å². The summed E-state index contributed by atoms with van der Waals surface area (Å²) in [6, 6.07) is 6.78. The first-order chi connectivity index (χ1) is 15.2. The maximum Gasteiger partial charge on any atom is 0.268 e. The molecule has 1 aromatic carbocycles. The fourth-order valence-corrected chi connectivity index (χ4v) is 7.23. The Morgan fingerprint density at radius 1 is 1.06 bits per heavy atom. The number of carbonyl (C=O) groups is 3. The highest BCUT2D eigenvalue weighted by atomic mass is 16.2. The van der Waals surface area contributed by atoms with Crippen LogP contribution in [-0.2, 0) is 4.79 Å². The molecule has 1 heterocycles. The standard InChI is InChI=1S/C28H33NO3/c1-17(2)18-10-12-22-19(16-18)11-13-23-27(22,3)14-7-15-28(23,4)26(32)29-24(30)20-8-5-6-9-21(20)25(29)31/h5-6,8-9,11,16-17,22-23H,7,10,12-15H2,1-4H3. The number of fused-ring (bicyclic) bond motifs is 4. The van der Waals surface area contributed by atoms with E-state index in [1.165, 1.54) is 11.1 Å². The van der Waals surface area contributed by atoms with Crippen LogP contribution < -0.4 is 0 Å². The van der Waals surface area contributed by atoms with Gasteiger partial charge in [-0.05, 0) is 73.0 Å². The second-order valence-electron chi connectivity index (χ2n) is 11.0. The predicted octanol–water partition coefficient (Wildman–Crippen LogP) is 5.94. The molecule has 0 saturated heterocycles. The van der Waals surface area contributed by atoms with Crippen LogP contribution in [0.5, 0.6) is 0 Å². The van der Waals surface area contributed by atoms with Crippen molar-refractivity contribution in [3.05, 3.63) is 58.7 Å². The van der Waals surface area contributed by atoms with Crippen LogP contribution in [0.25, 0.3) is 0 Å². The van der Waals surface area contributed by atoms with Gasteiger partial charge >= 0.3 is 0 Å². The molecule has 1 saturated carbocycles. The molecule has 4 nitrogen and oxygen atoms in total. The molecule has 0 N–H and O–H groups in total. The molecule has 0 radical (unpaired) electrons. The normalized spacial score (nSPS) is 34.0.